The fourth-order valence-electron chi connectivity index (χ4n) is 3.47. The van der Waals surface area contributed by atoms with Crippen molar-refractivity contribution in [3.05, 3.63) is 0 Å². The number of hydrogen-bond donors (Lipinski definition) is 1. The number of likely N-dealkylation sites (tertiary alicyclic amines) is 2. The van der Waals surface area contributed by atoms with Gasteiger partial charge in [0.1, 0.15) is 0 Å². The van der Waals surface area contributed by atoms with Crippen LogP contribution in [0.2, 0.25) is 0 Å². The molecule has 2 aliphatic rings. The third-order valence-electron chi connectivity index (χ3n) is 5.01. The Bertz CT molecular complexity index is 327. The van der Waals surface area contributed by atoms with Crippen molar-refractivity contribution in [1.29, 1.82) is 0 Å². The Balaban J connectivity index is 0.00000242. The molecular formula is C17H35IN4. The molecule has 2 N–H and O–H groups in total. The predicted molar refractivity (Wildman–Crippen MR) is 106 cm³/mol. The van der Waals surface area contributed by atoms with Crippen LogP contribution in [-0.2, 0) is 0 Å². The molecule has 0 aromatic rings. The van der Waals surface area contributed by atoms with Gasteiger partial charge in [-0.2, -0.15) is 0 Å². The summed E-state index contributed by atoms with van der Waals surface area (Å²) in [5.74, 6) is 2.50. The molecule has 2 saturated heterocycles. The zero-order valence-electron chi connectivity index (χ0n) is 14.5. The quantitative estimate of drug-likeness (QED) is 0.321. The SMILES string of the molecule is CC1CCN(C(N)=NCCCCN2CCCC(C)C2)CC1.I. The Labute approximate surface area is 153 Å². The lowest BCUT2D eigenvalue weighted by Gasteiger charge is -2.31. The molecule has 22 heavy (non-hydrogen) atoms. The summed E-state index contributed by atoms with van der Waals surface area (Å²) < 4.78 is 0. The van der Waals surface area contributed by atoms with Crippen LogP contribution in [0, 0.1) is 11.8 Å². The molecule has 0 spiro atoms. The van der Waals surface area contributed by atoms with Crippen LogP contribution in [0.4, 0.5) is 0 Å². The molecule has 2 rings (SSSR count). The summed E-state index contributed by atoms with van der Waals surface area (Å²) in [4.78, 5) is 9.45. The Hall–Kier alpha value is -0.0400. The van der Waals surface area contributed by atoms with E-state index in [1.54, 1.807) is 0 Å². The minimum Gasteiger partial charge on any atom is -0.370 e. The van der Waals surface area contributed by atoms with E-state index >= 15 is 0 Å². The Kier molecular flexibility index (Phi) is 9.71. The maximum Gasteiger partial charge on any atom is 0.191 e. The average Bonchev–Trinajstić information content (AvgIpc) is 2.47. The molecule has 0 bridgehead atoms. The number of guanidine groups is 1. The first-order chi connectivity index (χ1) is 10.1. The fourth-order valence-corrected chi connectivity index (χ4v) is 3.47. The highest BCUT2D eigenvalue weighted by Crippen LogP contribution is 2.16. The van der Waals surface area contributed by atoms with Crippen LogP contribution < -0.4 is 5.73 Å². The number of piperidine rings is 2. The molecule has 4 nitrogen and oxygen atoms in total. The predicted octanol–water partition coefficient (Wildman–Crippen LogP) is 3.16. The lowest BCUT2D eigenvalue weighted by molar-refractivity contribution is 0.181. The molecule has 2 fully saturated rings. The molecule has 0 aromatic heterocycles. The van der Waals surface area contributed by atoms with Crippen molar-refractivity contribution in [2.45, 2.75) is 52.4 Å². The highest BCUT2D eigenvalue weighted by Gasteiger charge is 2.17. The zero-order valence-corrected chi connectivity index (χ0v) is 16.8. The first-order valence-electron chi connectivity index (χ1n) is 8.92. The summed E-state index contributed by atoms with van der Waals surface area (Å²) >= 11 is 0. The molecule has 1 atom stereocenters. The molecule has 5 heteroatoms. The second-order valence-corrected chi connectivity index (χ2v) is 7.16. The molecule has 130 valence electrons. The van der Waals surface area contributed by atoms with Crippen LogP contribution in [-0.4, -0.2) is 55.0 Å². The van der Waals surface area contributed by atoms with Crippen molar-refractivity contribution in [1.82, 2.24) is 9.80 Å². The summed E-state index contributed by atoms with van der Waals surface area (Å²) in [5, 5.41) is 0. The van der Waals surface area contributed by atoms with E-state index in [9.17, 15) is 0 Å². The van der Waals surface area contributed by atoms with Crippen molar-refractivity contribution < 1.29 is 0 Å². The number of unbranched alkanes of at least 4 members (excludes halogenated alkanes) is 1. The van der Waals surface area contributed by atoms with E-state index in [2.05, 4.69) is 28.6 Å². The van der Waals surface area contributed by atoms with Gasteiger partial charge in [0.25, 0.3) is 0 Å². The first kappa shape index (κ1) is 20.0. The third-order valence-corrected chi connectivity index (χ3v) is 5.01. The van der Waals surface area contributed by atoms with E-state index in [-0.39, 0.29) is 24.0 Å². The maximum absolute atomic E-state index is 6.10. The summed E-state index contributed by atoms with van der Waals surface area (Å²) in [7, 11) is 0. The molecular weight excluding hydrogens is 387 g/mol. The molecule has 0 saturated carbocycles. The minimum atomic E-state index is 0. The van der Waals surface area contributed by atoms with E-state index in [4.69, 9.17) is 5.73 Å². The molecule has 0 amide bonds. The summed E-state index contributed by atoms with van der Waals surface area (Å²) in [6, 6.07) is 0. The van der Waals surface area contributed by atoms with Crippen molar-refractivity contribution in [3.8, 4) is 0 Å². The van der Waals surface area contributed by atoms with E-state index in [0.717, 1.165) is 43.9 Å². The maximum atomic E-state index is 6.10. The molecule has 1 unspecified atom stereocenters. The number of aliphatic imine (C=N–C) groups is 1. The van der Waals surface area contributed by atoms with Crippen LogP contribution in [0.1, 0.15) is 52.4 Å². The highest BCUT2D eigenvalue weighted by molar-refractivity contribution is 14.0. The van der Waals surface area contributed by atoms with Gasteiger partial charge in [-0.15, -0.1) is 24.0 Å². The van der Waals surface area contributed by atoms with E-state index in [0.29, 0.717) is 0 Å². The standard InChI is InChI=1S/C17H34N4.HI/c1-15-7-12-21(13-8-15)17(18)19-9-3-4-10-20-11-5-6-16(2)14-20;/h15-16H,3-14H2,1-2H3,(H2,18,19);1H. The van der Waals surface area contributed by atoms with Gasteiger partial charge in [0.05, 0.1) is 0 Å². The number of hydrogen-bond acceptors (Lipinski definition) is 2. The second kappa shape index (κ2) is 10.7. The number of nitrogens with two attached hydrogens (primary N) is 1. The summed E-state index contributed by atoms with van der Waals surface area (Å²) in [6.07, 6.45) is 7.70. The fraction of sp³-hybridized carbons (Fsp3) is 0.941. The normalized spacial score (nSPS) is 25.1. The molecule has 0 aromatic carbocycles. The van der Waals surface area contributed by atoms with Crippen LogP contribution in [0.15, 0.2) is 4.99 Å². The summed E-state index contributed by atoms with van der Waals surface area (Å²) in [6.45, 7) is 11.6. The van der Waals surface area contributed by atoms with Gasteiger partial charge >= 0.3 is 0 Å². The Morgan fingerprint density at radius 3 is 2.45 bits per heavy atom. The lowest BCUT2D eigenvalue weighted by Crippen LogP contribution is -2.42. The van der Waals surface area contributed by atoms with Gasteiger partial charge in [-0.05, 0) is 63.5 Å². The summed E-state index contributed by atoms with van der Waals surface area (Å²) in [5.41, 5.74) is 6.10. The molecule has 0 radical (unpaired) electrons. The van der Waals surface area contributed by atoms with Gasteiger partial charge in [-0.3, -0.25) is 4.99 Å². The van der Waals surface area contributed by atoms with Crippen LogP contribution in [0.3, 0.4) is 0 Å². The van der Waals surface area contributed by atoms with Crippen LogP contribution in [0.25, 0.3) is 0 Å². The van der Waals surface area contributed by atoms with E-state index in [1.807, 2.05) is 0 Å². The van der Waals surface area contributed by atoms with Crippen molar-refractivity contribution in [2.75, 3.05) is 39.3 Å². The lowest BCUT2D eigenvalue weighted by atomic mass is 10.00. The van der Waals surface area contributed by atoms with Gasteiger partial charge in [0.2, 0.25) is 0 Å². The van der Waals surface area contributed by atoms with Gasteiger partial charge in [0, 0.05) is 26.2 Å². The van der Waals surface area contributed by atoms with Gasteiger partial charge in [-0.1, -0.05) is 13.8 Å². The van der Waals surface area contributed by atoms with Gasteiger partial charge in [0.15, 0.2) is 5.96 Å². The van der Waals surface area contributed by atoms with Crippen molar-refractivity contribution >= 4 is 29.9 Å². The molecule has 0 aliphatic carbocycles. The Morgan fingerprint density at radius 2 is 1.77 bits per heavy atom. The molecule has 2 heterocycles. The zero-order chi connectivity index (χ0) is 15.1. The second-order valence-electron chi connectivity index (χ2n) is 7.16. The Morgan fingerprint density at radius 1 is 1.05 bits per heavy atom. The van der Waals surface area contributed by atoms with Gasteiger partial charge < -0.3 is 15.5 Å². The first-order valence-corrected chi connectivity index (χ1v) is 8.92. The number of halogens is 1. The highest BCUT2D eigenvalue weighted by atomic mass is 127. The monoisotopic (exact) mass is 422 g/mol. The van der Waals surface area contributed by atoms with Gasteiger partial charge in [-0.25, -0.2) is 0 Å². The van der Waals surface area contributed by atoms with Crippen molar-refractivity contribution in [2.24, 2.45) is 22.6 Å². The average molecular weight is 422 g/mol. The van der Waals surface area contributed by atoms with E-state index in [1.165, 1.54) is 51.7 Å². The number of nitrogens with zero attached hydrogens (tertiary/aromatic N) is 3. The minimum absolute atomic E-state index is 0. The van der Waals surface area contributed by atoms with Crippen LogP contribution >= 0.6 is 24.0 Å². The smallest absolute Gasteiger partial charge is 0.191 e. The largest absolute Gasteiger partial charge is 0.370 e. The van der Waals surface area contributed by atoms with Crippen molar-refractivity contribution in [3.63, 3.8) is 0 Å². The van der Waals surface area contributed by atoms with Crippen LogP contribution in [0.5, 0.6) is 0 Å². The number of rotatable bonds is 5. The molecule has 2 aliphatic heterocycles. The van der Waals surface area contributed by atoms with E-state index < -0.39 is 0 Å². The third kappa shape index (κ3) is 7.02. The topological polar surface area (TPSA) is 44.9 Å².